The van der Waals surface area contributed by atoms with Gasteiger partial charge < -0.3 is 5.73 Å². The Bertz CT molecular complexity index is 540. The van der Waals surface area contributed by atoms with Crippen molar-refractivity contribution in [2.45, 2.75) is 6.04 Å². The molecule has 0 saturated heterocycles. The lowest BCUT2D eigenvalue weighted by molar-refractivity contribution is 0.864. The van der Waals surface area contributed by atoms with Crippen molar-refractivity contribution in [3.05, 3.63) is 67.0 Å². The minimum absolute atomic E-state index is 0.139. The molecular weight excluding hydrogens is 410 g/mol. The second kappa shape index (κ2) is 5.65. The maximum absolute atomic E-state index is 6.28. The van der Waals surface area contributed by atoms with Crippen LogP contribution in [0, 0.1) is 0 Å². The zero-order valence-corrected chi connectivity index (χ0v) is 13.6. The van der Waals surface area contributed by atoms with Gasteiger partial charge in [0.25, 0.3) is 0 Å². The van der Waals surface area contributed by atoms with Crippen LogP contribution in [0.1, 0.15) is 17.2 Å². The van der Waals surface area contributed by atoms with Crippen molar-refractivity contribution in [3.8, 4) is 0 Å². The average molecular weight is 420 g/mol. The summed E-state index contributed by atoms with van der Waals surface area (Å²) in [4.78, 5) is 0. The van der Waals surface area contributed by atoms with Crippen molar-refractivity contribution < 1.29 is 0 Å². The fraction of sp³-hybridized carbons (Fsp3) is 0.0769. The smallest absolute Gasteiger partial charge is 0.0563 e. The maximum Gasteiger partial charge on any atom is 0.0563 e. The van der Waals surface area contributed by atoms with Crippen LogP contribution >= 0.6 is 47.8 Å². The van der Waals surface area contributed by atoms with E-state index in [-0.39, 0.29) is 6.04 Å². The number of nitrogens with two attached hydrogens (primary N) is 1. The van der Waals surface area contributed by atoms with Gasteiger partial charge in [-0.15, -0.1) is 0 Å². The van der Waals surface area contributed by atoms with Gasteiger partial charge in [0.05, 0.1) is 6.04 Å². The lowest BCUT2D eigenvalue weighted by Gasteiger charge is -2.15. The van der Waals surface area contributed by atoms with Gasteiger partial charge in [0.1, 0.15) is 0 Å². The van der Waals surface area contributed by atoms with Crippen molar-refractivity contribution in [1.82, 2.24) is 0 Å². The quantitative estimate of drug-likeness (QED) is 0.726. The fourth-order valence-corrected chi connectivity index (χ4v) is 2.92. The van der Waals surface area contributed by atoms with Crippen molar-refractivity contribution >= 4 is 47.8 Å². The van der Waals surface area contributed by atoms with Gasteiger partial charge >= 0.3 is 0 Å². The summed E-state index contributed by atoms with van der Waals surface area (Å²) in [6.45, 7) is 0. The largest absolute Gasteiger partial charge is 0.320 e. The summed E-state index contributed by atoms with van der Waals surface area (Å²) < 4.78 is 3.09. The van der Waals surface area contributed by atoms with Gasteiger partial charge in [-0.25, -0.2) is 0 Å². The summed E-state index contributed by atoms with van der Waals surface area (Å²) in [5.41, 5.74) is 8.43. The highest BCUT2D eigenvalue weighted by Gasteiger charge is 2.12. The zero-order valence-electron chi connectivity index (χ0n) is 8.83. The van der Waals surface area contributed by atoms with E-state index in [4.69, 9.17) is 5.73 Å². The fourth-order valence-electron chi connectivity index (χ4n) is 1.63. The molecule has 0 aliphatic carbocycles. The molecule has 0 aromatic heterocycles. The Morgan fingerprint density at radius 1 is 0.882 bits per heavy atom. The Morgan fingerprint density at radius 2 is 1.59 bits per heavy atom. The lowest BCUT2D eigenvalue weighted by Crippen LogP contribution is -2.12. The third-order valence-corrected chi connectivity index (χ3v) is 4.21. The zero-order chi connectivity index (χ0) is 12.4. The third kappa shape index (κ3) is 3.19. The second-order valence-electron chi connectivity index (χ2n) is 3.70. The molecule has 88 valence electrons. The molecular formula is C13H10Br3N. The van der Waals surface area contributed by atoms with Gasteiger partial charge in [-0.3, -0.25) is 0 Å². The van der Waals surface area contributed by atoms with E-state index in [1.165, 1.54) is 0 Å². The summed E-state index contributed by atoms with van der Waals surface area (Å²) in [5, 5.41) is 0. The highest BCUT2D eigenvalue weighted by molar-refractivity contribution is 9.11. The topological polar surface area (TPSA) is 26.0 Å². The second-order valence-corrected chi connectivity index (χ2v) is 6.38. The average Bonchev–Trinajstić information content (AvgIpc) is 2.31. The van der Waals surface area contributed by atoms with Gasteiger partial charge in [-0.05, 0) is 41.5 Å². The molecule has 0 aliphatic heterocycles. The minimum Gasteiger partial charge on any atom is -0.320 e. The van der Waals surface area contributed by atoms with Crippen LogP contribution < -0.4 is 5.73 Å². The SMILES string of the molecule is NC(c1cccc(Br)c1)c1cc(Br)ccc1Br. The summed E-state index contributed by atoms with van der Waals surface area (Å²) in [7, 11) is 0. The Hall–Kier alpha value is -0.160. The third-order valence-electron chi connectivity index (χ3n) is 2.50. The predicted octanol–water partition coefficient (Wildman–Crippen LogP) is 5.02. The van der Waals surface area contributed by atoms with Gasteiger partial charge in [0.2, 0.25) is 0 Å². The molecule has 0 saturated carbocycles. The van der Waals surface area contributed by atoms with E-state index < -0.39 is 0 Å². The molecule has 2 aromatic carbocycles. The summed E-state index contributed by atoms with van der Waals surface area (Å²) in [6.07, 6.45) is 0. The minimum atomic E-state index is -0.139. The molecule has 4 heteroatoms. The first-order valence-corrected chi connectivity index (χ1v) is 7.42. The van der Waals surface area contributed by atoms with Crippen LogP contribution in [0.2, 0.25) is 0 Å². The van der Waals surface area contributed by atoms with E-state index in [0.717, 1.165) is 24.5 Å². The molecule has 2 rings (SSSR count). The highest BCUT2D eigenvalue weighted by atomic mass is 79.9. The first kappa shape index (κ1) is 13.3. The van der Waals surface area contributed by atoms with Crippen LogP contribution in [-0.4, -0.2) is 0 Å². The Morgan fingerprint density at radius 3 is 2.29 bits per heavy atom. The van der Waals surface area contributed by atoms with Gasteiger partial charge in [0, 0.05) is 13.4 Å². The molecule has 2 aromatic rings. The van der Waals surface area contributed by atoms with Crippen molar-refractivity contribution in [2.75, 3.05) is 0 Å². The van der Waals surface area contributed by atoms with Crippen molar-refractivity contribution in [2.24, 2.45) is 5.73 Å². The molecule has 0 heterocycles. The molecule has 1 unspecified atom stereocenters. The molecule has 0 radical (unpaired) electrons. The van der Waals surface area contributed by atoms with E-state index in [9.17, 15) is 0 Å². The number of hydrogen-bond acceptors (Lipinski definition) is 1. The Labute approximate surface area is 126 Å². The Balaban J connectivity index is 2.43. The van der Waals surface area contributed by atoms with Crippen LogP contribution in [0.15, 0.2) is 55.9 Å². The van der Waals surface area contributed by atoms with Crippen LogP contribution in [0.4, 0.5) is 0 Å². The van der Waals surface area contributed by atoms with Gasteiger partial charge in [0.15, 0.2) is 0 Å². The first-order chi connectivity index (χ1) is 8.08. The van der Waals surface area contributed by atoms with Gasteiger partial charge in [-0.2, -0.15) is 0 Å². The van der Waals surface area contributed by atoms with E-state index in [1.807, 2.05) is 42.5 Å². The molecule has 0 fully saturated rings. The standard InChI is InChI=1S/C13H10Br3N/c14-9-3-1-2-8(6-9)13(17)11-7-10(15)4-5-12(11)16/h1-7,13H,17H2. The van der Waals surface area contributed by atoms with Crippen molar-refractivity contribution in [3.63, 3.8) is 0 Å². The number of rotatable bonds is 2. The summed E-state index contributed by atoms with van der Waals surface area (Å²) in [6, 6.07) is 13.9. The molecule has 2 N–H and O–H groups in total. The van der Waals surface area contributed by atoms with Crippen LogP contribution in [0.5, 0.6) is 0 Å². The normalized spacial score (nSPS) is 12.5. The number of benzene rings is 2. The van der Waals surface area contributed by atoms with Gasteiger partial charge in [-0.1, -0.05) is 59.9 Å². The highest BCUT2D eigenvalue weighted by Crippen LogP contribution is 2.30. The number of hydrogen-bond donors (Lipinski definition) is 1. The number of halogens is 3. The summed E-state index contributed by atoms with van der Waals surface area (Å²) >= 11 is 10.5. The van der Waals surface area contributed by atoms with Crippen LogP contribution in [0.3, 0.4) is 0 Å². The van der Waals surface area contributed by atoms with Crippen LogP contribution in [-0.2, 0) is 0 Å². The Kier molecular flexibility index (Phi) is 4.42. The van der Waals surface area contributed by atoms with E-state index in [0.29, 0.717) is 0 Å². The molecule has 1 nitrogen and oxygen atoms in total. The maximum atomic E-state index is 6.28. The van der Waals surface area contributed by atoms with E-state index >= 15 is 0 Å². The molecule has 1 atom stereocenters. The van der Waals surface area contributed by atoms with E-state index in [1.54, 1.807) is 0 Å². The predicted molar refractivity (Wildman–Crippen MR) is 82.0 cm³/mol. The van der Waals surface area contributed by atoms with E-state index in [2.05, 4.69) is 47.8 Å². The van der Waals surface area contributed by atoms with Crippen molar-refractivity contribution in [1.29, 1.82) is 0 Å². The monoisotopic (exact) mass is 417 g/mol. The first-order valence-electron chi connectivity index (χ1n) is 5.04. The molecule has 0 aliphatic rings. The lowest BCUT2D eigenvalue weighted by atomic mass is 10.00. The molecule has 17 heavy (non-hydrogen) atoms. The molecule has 0 spiro atoms. The summed E-state index contributed by atoms with van der Waals surface area (Å²) in [5.74, 6) is 0. The molecule has 0 amide bonds. The van der Waals surface area contributed by atoms with Crippen LogP contribution in [0.25, 0.3) is 0 Å². The molecule has 0 bridgehead atoms.